The van der Waals surface area contributed by atoms with Gasteiger partial charge in [-0.05, 0) is 106 Å². The smallest absolute Gasteiger partial charge is 0.281 e. The van der Waals surface area contributed by atoms with E-state index in [1.54, 1.807) is 24.3 Å². The Kier molecular flexibility index (Phi) is 9.34. The van der Waals surface area contributed by atoms with Crippen LogP contribution in [0.2, 0.25) is 0 Å². The minimum absolute atomic E-state index is 0.0321. The molecule has 5 rings (SSSR count). The molecule has 0 bridgehead atoms. The maximum Gasteiger partial charge on any atom is 0.281 e. The lowest BCUT2D eigenvalue weighted by atomic mass is 10.0. The van der Waals surface area contributed by atoms with Crippen LogP contribution in [0.3, 0.4) is 0 Å². The second kappa shape index (κ2) is 13.3. The van der Waals surface area contributed by atoms with E-state index in [1.807, 2.05) is 12.1 Å². The molecule has 10 heteroatoms. The summed E-state index contributed by atoms with van der Waals surface area (Å²) in [5.74, 6) is -1.82. The third kappa shape index (κ3) is 7.63. The molecule has 6 N–H and O–H groups in total. The summed E-state index contributed by atoms with van der Waals surface area (Å²) in [7, 11) is 2.13. The molecule has 0 aliphatic carbocycles. The van der Waals surface area contributed by atoms with Gasteiger partial charge in [-0.15, -0.1) is 0 Å². The van der Waals surface area contributed by atoms with Gasteiger partial charge in [0.2, 0.25) is 0 Å². The van der Waals surface area contributed by atoms with E-state index in [0.717, 1.165) is 56.1 Å². The van der Waals surface area contributed by atoms with Gasteiger partial charge >= 0.3 is 0 Å². The highest BCUT2D eigenvalue weighted by molar-refractivity contribution is 6.12. The van der Waals surface area contributed by atoms with Crippen molar-refractivity contribution in [1.82, 2.24) is 4.90 Å². The molecule has 2 heterocycles. The molecule has 0 aromatic heterocycles. The van der Waals surface area contributed by atoms with Crippen LogP contribution in [0, 0.1) is 11.6 Å². The number of likely N-dealkylation sites (tertiary alicyclic amines) is 1. The lowest BCUT2D eigenvalue weighted by Gasteiger charge is -2.30. The van der Waals surface area contributed by atoms with E-state index in [4.69, 9.17) is 16.2 Å². The molecular weight excluding hydrogens is 538 g/mol. The van der Waals surface area contributed by atoms with Gasteiger partial charge in [0.1, 0.15) is 17.5 Å². The van der Waals surface area contributed by atoms with Crippen LogP contribution in [0.15, 0.2) is 59.6 Å². The van der Waals surface area contributed by atoms with Crippen molar-refractivity contribution in [2.24, 2.45) is 10.7 Å². The Labute approximate surface area is 245 Å². The van der Waals surface area contributed by atoms with E-state index in [1.165, 1.54) is 12.1 Å². The van der Waals surface area contributed by atoms with Gasteiger partial charge in [0.25, 0.3) is 5.91 Å². The number of benzene rings is 3. The molecule has 1 amide bonds. The summed E-state index contributed by atoms with van der Waals surface area (Å²) in [5, 5.41) is 7.17. The first-order chi connectivity index (χ1) is 20.2. The number of carbonyl (C=O) groups excluding carboxylic acids is 1. The standard InChI is InChI=1S/C32H38F2N6O2/c1-40-10-6-24(7-11-40)37-26-3-4-27(30(19-26)38-25-8-12-42-13-9-25)32(41)39-31(36)28-17-20(2-5-29(28)35)14-21-15-22(33)18-23(34)16-21/h2-5,15-19,24-25,37-38H,6-14,35H2,1H3,(H2,36,39,41). The van der Waals surface area contributed by atoms with E-state index in [0.29, 0.717) is 47.3 Å². The van der Waals surface area contributed by atoms with Gasteiger partial charge in [-0.25, -0.2) is 8.78 Å². The van der Waals surface area contributed by atoms with Crippen LogP contribution in [-0.2, 0) is 11.2 Å². The summed E-state index contributed by atoms with van der Waals surface area (Å²) >= 11 is 0. The van der Waals surface area contributed by atoms with Crippen LogP contribution in [0.25, 0.3) is 0 Å². The Bertz CT molecular complexity index is 1430. The fraction of sp³-hybridized carbons (Fsp3) is 0.375. The largest absolute Gasteiger partial charge is 0.398 e. The van der Waals surface area contributed by atoms with E-state index in [-0.39, 0.29) is 18.3 Å². The van der Waals surface area contributed by atoms with Gasteiger partial charge in [-0.1, -0.05) is 6.07 Å². The molecule has 3 aromatic rings. The van der Waals surface area contributed by atoms with Gasteiger partial charge < -0.3 is 31.7 Å². The quantitative estimate of drug-likeness (QED) is 0.173. The van der Waals surface area contributed by atoms with Gasteiger partial charge in [0.05, 0.1) is 5.56 Å². The Balaban J connectivity index is 1.38. The summed E-state index contributed by atoms with van der Waals surface area (Å²) in [6, 6.07) is 14.7. The second-order valence-corrected chi connectivity index (χ2v) is 11.2. The first kappa shape index (κ1) is 29.5. The van der Waals surface area contributed by atoms with Crippen LogP contribution in [0.4, 0.5) is 25.8 Å². The second-order valence-electron chi connectivity index (χ2n) is 11.2. The van der Waals surface area contributed by atoms with Gasteiger partial charge in [0, 0.05) is 54.0 Å². The fourth-order valence-electron chi connectivity index (χ4n) is 5.50. The number of hydrogen-bond acceptors (Lipinski definition) is 6. The number of carbonyl (C=O) groups is 1. The average molecular weight is 577 g/mol. The number of nitrogens with two attached hydrogens (primary N) is 2. The van der Waals surface area contributed by atoms with E-state index in [2.05, 4.69) is 27.6 Å². The Morgan fingerprint density at radius 3 is 2.31 bits per heavy atom. The highest BCUT2D eigenvalue weighted by atomic mass is 19.1. The number of hydrogen-bond donors (Lipinski definition) is 4. The molecule has 0 unspecified atom stereocenters. The summed E-state index contributed by atoms with van der Waals surface area (Å²) in [4.78, 5) is 20.1. The molecule has 2 saturated heterocycles. The molecule has 0 atom stereocenters. The highest BCUT2D eigenvalue weighted by Crippen LogP contribution is 2.27. The lowest BCUT2D eigenvalue weighted by Crippen LogP contribution is -2.36. The predicted octanol–water partition coefficient (Wildman–Crippen LogP) is 4.78. The summed E-state index contributed by atoms with van der Waals surface area (Å²) in [6.07, 6.45) is 4.03. The van der Waals surface area contributed by atoms with Gasteiger partial charge in [-0.2, -0.15) is 4.99 Å². The van der Waals surface area contributed by atoms with E-state index in [9.17, 15) is 13.6 Å². The number of nitrogens with one attached hydrogen (secondary N) is 2. The zero-order valence-corrected chi connectivity index (χ0v) is 23.8. The van der Waals surface area contributed by atoms with Crippen molar-refractivity contribution in [1.29, 1.82) is 0 Å². The van der Waals surface area contributed by atoms with Gasteiger partial charge in [-0.3, -0.25) is 4.79 Å². The number of amidine groups is 1. The Hall–Kier alpha value is -4.02. The molecule has 0 spiro atoms. The molecule has 222 valence electrons. The normalized spacial score (nSPS) is 17.3. The first-order valence-electron chi connectivity index (χ1n) is 14.4. The number of nitrogens with zero attached hydrogens (tertiary/aromatic N) is 2. The number of nitrogen functional groups attached to an aromatic ring is 1. The number of aliphatic imine (C=N–C) groups is 1. The lowest BCUT2D eigenvalue weighted by molar-refractivity contribution is 0.0904. The number of amides is 1. The number of halogens is 2. The maximum atomic E-state index is 13.7. The molecule has 2 aliphatic heterocycles. The van der Waals surface area contributed by atoms with Crippen LogP contribution in [-0.4, -0.2) is 62.1 Å². The van der Waals surface area contributed by atoms with E-state index >= 15 is 0 Å². The third-order valence-corrected chi connectivity index (χ3v) is 7.87. The molecule has 0 radical (unpaired) electrons. The molecule has 2 fully saturated rings. The van der Waals surface area contributed by atoms with Crippen molar-refractivity contribution in [2.75, 3.05) is 49.7 Å². The molecule has 3 aromatic carbocycles. The first-order valence-corrected chi connectivity index (χ1v) is 14.4. The average Bonchev–Trinajstić information content (AvgIpc) is 2.95. The number of piperidine rings is 1. The number of anilines is 3. The van der Waals surface area contributed by atoms with Crippen LogP contribution < -0.4 is 22.1 Å². The predicted molar refractivity (Wildman–Crippen MR) is 163 cm³/mol. The van der Waals surface area contributed by atoms with Crippen molar-refractivity contribution in [3.05, 3.63) is 88.5 Å². The SMILES string of the molecule is CN1CCC(Nc2ccc(C(=O)N=C(N)c3cc(Cc4cc(F)cc(F)c4)ccc3N)c(NC3CCOCC3)c2)CC1. The van der Waals surface area contributed by atoms with Crippen molar-refractivity contribution in [3.8, 4) is 0 Å². The third-order valence-electron chi connectivity index (χ3n) is 7.87. The van der Waals surface area contributed by atoms with Crippen molar-refractivity contribution >= 4 is 28.8 Å². The minimum Gasteiger partial charge on any atom is -0.398 e. The van der Waals surface area contributed by atoms with Crippen LogP contribution >= 0.6 is 0 Å². The number of ether oxygens (including phenoxy) is 1. The molecule has 0 saturated carbocycles. The Morgan fingerprint density at radius 2 is 1.60 bits per heavy atom. The molecule has 2 aliphatic rings. The highest BCUT2D eigenvalue weighted by Gasteiger charge is 2.21. The molecular formula is C32H38F2N6O2. The maximum absolute atomic E-state index is 13.7. The summed E-state index contributed by atoms with van der Waals surface area (Å²) < 4.78 is 32.9. The molecule has 8 nitrogen and oxygen atoms in total. The zero-order valence-electron chi connectivity index (χ0n) is 23.8. The van der Waals surface area contributed by atoms with Crippen LogP contribution in [0.5, 0.6) is 0 Å². The number of rotatable bonds is 8. The summed E-state index contributed by atoms with van der Waals surface area (Å²) in [5.41, 5.74) is 16.5. The monoisotopic (exact) mass is 576 g/mol. The van der Waals surface area contributed by atoms with E-state index < -0.39 is 17.5 Å². The fourth-order valence-corrected chi connectivity index (χ4v) is 5.50. The van der Waals surface area contributed by atoms with Crippen LogP contribution in [0.1, 0.15) is 52.7 Å². The van der Waals surface area contributed by atoms with Gasteiger partial charge in [0.15, 0.2) is 0 Å². The van der Waals surface area contributed by atoms with Crippen molar-refractivity contribution in [2.45, 2.75) is 44.2 Å². The van der Waals surface area contributed by atoms with Crippen molar-refractivity contribution < 1.29 is 18.3 Å². The Morgan fingerprint density at radius 1 is 0.905 bits per heavy atom. The molecule has 42 heavy (non-hydrogen) atoms. The van der Waals surface area contributed by atoms with Crippen molar-refractivity contribution in [3.63, 3.8) is 0 Å². The minimum atomic E-state index is -0.648. The summed E-state index contributed by atoms with van der Waals surface area (Å²) in [6.45, 7) is 3.41. The zero-order chi connectivity index (χ0) is 29.6. The topological polar surface area (TPSA) is 118 Å².